The summed E-state index contributed by atoms with van der Waals surface area (Å²) in [6, 6.07) is 7.96. The van der Waals surface area contributed by atoms with Crippen LogP contribution in [0.1, 0.15) is 13.3 Å². The third-order valence-electron chi connectivity index (χ3n) is 2.77. The Balaban J connectivity index is 2.32. The van der Waals surface area contributed by atoms with Crippen molar-refractivity contribution in [2.45, 2.75) is 19.4 Å². The van der Waals surface area contributed by atoms with E-state index in [-0.39, 0.29) is 6.04 Å². The molecule has 0 aromatic heterocycles. The molecule has 0 fully saturated rings. The van der Waals surface area contributed by atoms with E-state index in [1.54, 1.807) is 7.11 Å². The summed E-state index contributed by atoms with van der Waals surface area (Å²) in [6.45, 7) is 4.56. The van der Waals surface area contributed by atoms with E-state index in [1.807, 2.05) is 31.2 Å². The fourth-order valence-electron chi connectivity index (χ4n) is 1.85. The normalized spacial score (nSPS) is 12.2. The van der Waals surface area contributed by atoms with Gasteiger partial charge in [0.25, 0.3) is 0 Å². The van der Waals surface area contributed by atoms with Crippen molar-refractivity contribution in [3.05, 3.63) is 24.3 Å². The Morgan fingerprint density at radius 3 is 2.50 bits per heavy atom. The van der Waals surface area contributed by atoms with Gasteiger partial charge in [-0.1, -0.05) is 12.1 Å². The third-order valence-corrected chi connectivity index (χ3v) is 2.99. The second kappa shape index (κ2) is 10.8. The van der Waals surface area contributed by atoms with Gasteiger partial charge in [0, 0.05) is 25.6 Å². The molecule has 0 saturated carbocycles. The van der Waals surface area contributed by atoms with Crippen LogP contribution in [-0.4, -0.2) is 45.4 Å². The Labute approximate surface area is 126 Å². The first-order valence-electron chi connectivity index (χ1n) is 6.94. The summed E-state index contributed by atoms with van der Waals surface area (Å²) in [7, 11) is 1.69. The fraction of sp³-hybridized carbons (Fsp3) is 0.600. The highest BCUT2D eigenvalue weighted by Crippen LogP contribution is 2.25. The molecule has 0 spiro atoms. The second-order valence-corrected chi connectivity index (χ2v) is 4.69. The fourth-order valence-corrected chi connectivity index (χ4v) is 2.11. The molecule has 5 heteroatoms. The molecule has 1 unspecified atom stereocenters. The lowest BCUT2D eigenvalue weighted by Crippen LogP contribution is -2.36. The van der Waals surface area contributed by atoms with Crippen molar-refractivity contribution >= 4 is 11.6 Å². The van der Waals surface area contributed by atoms with Crippen molar-refractivity contribution in [1.82, 2.24) is 5.32 Å². The van der Waals surface area contributed by atoms with E-state index in [0.29, 0.717) is 25.7 Å². The lowest BCUT2D eigenvalue weighted by atomic mass is 10.2. The number of rotatable bonds is 11. The van der Waals surface area contributed by atoms with Crippen LogP contribution in [0.4, 0.5) is 0 Å². The van der Waals surface area contributed by atoms with Crippen molar-refractivity contribution in [2.75, 3.05) is 39.4 Å². The molecule has 0 amide bonds. The highest BCUT2D eigenvalue weighted by Gasteiger charge is 2.07. The predicted molar refractivity (Wildman–Crippen MR) is 82.1 cm³/mol. The standard InChI is InChI=1S/C15H24ClNO3/c1-3-19-14-6-4-5-7-15(14)20-11-10-17-13(8-9-16)12-18-2/h4-7,13,17H,3,8-12H2,1-2H3. The summed E-state index contributed by atoms with van der Waals surface area (Å²) >= 11 is 5.75. The molecule has 1 rings (SSSR count). The van der Waals surface area contributed by atoms with Gasteiger partial charge in [0.15, 0.2) is 11.5 Å². The van der Waals surface area contributed by atoms with Crippen LogP contribution in [0.2, 0.25) is 0 Å². The summed E-state index contributed by atoms with van der Waals surface area (Å²) in [4.78, 5) is 0. The molecule has 0 aliphatic carbocycles. The van der Waals surface area contributed by atoms with Crippen LogP contribution in [0, 0.1) is 0 Å². The van der Waals surface area contributed by atoms with Gasteiger partial charge >= 0.3 is 0 Å². The molecule has 1 atom stereocenters. The van der Waals surface area contributed by atoms with E-state index in [0.717, 1.165) is 24.5 Å². The third kappa shape index (κ3) is 6.46. The molecule has 1 aromatic carbocycles. The van der Waals surface area contributed by atoms with Crippen molar-refractivity contribution in [2.24, 2.45) is 0 Å². The number of halogens is 1. The topological polar surface area (TPSA) is 39.7 Å². The SMILES string of the molecule is CCOc1ccccc1OCCNC(CCCl)COC. The Kier molecular flexibility index (Phi) is 9.20. The molecule has 1 N–H and O–H groups in total. The van der Waals surface area contributed by atoms with Gasteiger partial charge in [-0.15, -0.1) is 11.6 Å². The first-order chi connectivity index (χ1) is 9.81. The molecule has 0 saturated heterocycles. The van der Waals surface area contributed by atoms with Crippen molar-refractivity contribution in [3.8, 4) is 11.5 Å². The van der Waals surface area contributed by atoms with E-state index in [4.69, 9.17) is 25.8 Å². The minimum Gasteiger partial charge on any atom is -0.490 e. The number of hydrogen-bond acceptors (Lipinski definition) is 4. The van der Waals surface area contributed by atoms with Crippen LogP contribution in [0.3, 0.4) is 0 Å². The number of ether oxygens (including phenoxy) is 3. The summed E-state index contributed by atoms with van der Waals surface area (Å²) < 4.78 is 16.4. The predicted octanol–water partition coefficient (Wildman–Crippen LogP) is 2.70. The molecule has 0 bridgehead atoms. The molecule has 0 aliphatic rings. The van der Waals surface area contributed by atoms with Crippen molar-refractivity contribution < 1.29 is 14.2 Å². The quantitative estimate of drug-likeness (QED) is 0.504. The molecular weight excluding hydrogens is 278 g/mol. The highest BCUT2D eigenvalue weighted by atomic mass is 35.5. The van der Waals surface area contributed by atoms with Gasteiger partial charge < -0.3 is 19.5 Å². The first kappa shape index (κ1) is 17.1. The number of nitrogens with one attached hydrogen (secondary N) is 1. The number of alkyl halides is 1. The number of para-hydroxylation sites is 2. The van der Waals surface area contributed by atoms with Crippen LogP contribution in [0.25, 0.3) is 0 Å². The molecule has 114 valence electrons. The average molecular weight is 302 g/mol. The molecule has 1 aromatic rings. The minimum atomic E-state index is 0.267. The van der Waals surface area contributed by atoms with Gasteiger partial charge in [-0.3, -0.25) is 0 Å². The second-order valence-electron chi connectivity index (χ2n) is 4.31. The average Bonchev–Trinajstić information content (AvgIpc) is 2.46. The zero-order chi connectivity index (χ0) is 14.6. The Morgan fingerprint density at radius 1 is 1.20 bits per heavy atom. The van der Waals surface area contributed by atoms with Crippen LogP contribution >= 0.6 is 11.6 Å². The maximum Gasteiger partial charge on any atom is 0.161 e. The van der Waals surface area contributed by atoms with E-state index in [9.17, 15) is 0 Å². The van der Waals surface area contributed by atoms with Crippen molar-refractivity contribution in [1.29, 1.82) is 0 Å². The monoisotopic (exact) mass is 301 g/mol. The first-order valence-corrected chi connectivity index (χ1v) is 7.48. The Morgan fingerprint density at radius 2 is 1.90 bits per heavy atom. The van der Waals surface area contributed by atoms with E-state index >= 15 is 0 Å². The molecule has 0 aliphatic heterocycles. The summed E-state index contributed by atoms with van der Waals surface area (Å²) in [5, 5.41) is 3.37. The van der Waals surface area contributed by atoms with Crippen LogP contribution in [-0.2, 0) is 4.74 Å². The summed E-state index contributed by atoms with van der Waals surface area (Å²) in [5.74, 6) is 2.18. The van der Waals surface area contributed by atoms with E-state index in [2.05, 4.69) is 5.32 Å². The zero-order valence-electron chi connectivity index (χ0n) is 12.2. The number of methoxy groups -OCH3 is 1. The van der Waals surface area contributed by atoms with E-state index in [1.165, 1.54) is 0 Å². The van der Waals surface area contributed by atoms with Crippen LogP contribution in [0.15, 0.2) is 24.3 Å². The maximum absolute atomic E-state index is 5.75. The van der Waals surface area contributed by atoms with Gasteiger partial charge in [0.1, 0.15) is 6.61 Å². The van der Waals surface area contributed by atoms with Gasteiger partial charge in [-0.25, -0.2) is 0 Å². The lowest BCUT2D eigenvalue weighted by molar-refractivity contribution is 0.161. The molecule has 20 heavy (non-hydrogen) atoms. The van der Waals surface area contributed by atoms with Gasteiger partial charge in [-0.2, -0.15) is 0 Å². The lowest BCUT2D eigenvalue weighted by Gasteiger charge is -2.17. The number of benzene rings is 1. The molecule has 0 radical (unpaired) electrons. The van der Waals surface area contributed by atoms with E-state index < -0.39 is 0 Å². The summed E-state index contributed by atoms with van der Waals surface area (Å²) in [6.07, 6.45) is 0.880. The van der Waals surface area contributed by atoms with Crippen LogP contribution < -0.4 is 14.8 Å². The van der Waals surface area contributed by atoms with Crippen LogP contribution in [0.5, 0.6) is 11.5 Å². The van der Waals surface area contributed by atoms with Gasteiger partial charge in [-0.05, 0) is 25.5 Å². The highest BCUT2D eigenvalue weighted by molar-refractivity contribution is 6.17. The molecule has 4 nitrogen and oxygen atoms in total. The van der Waals surface area contributed by atoms with Crippen molar-refractivity contribution in [3.63, 3.8) is 0 Å². The largest absolute Gasteiger partial charge is 0.490 e. The molecular formula is C15H24ClNO3. The smallest absolute Gasteiger partial charge is 0.161 e. The zero-order valence-corrected chi connectivity index (χ0v) is 13.0. The Hall–Kier alpha value is -0.970. The Bertz CT molecular complexity index is 357. The summed E-state index contributed by atoms with van der Waals surface area (Å²) in [5.41, 5.74) is 0. The molecule has 0 heterocycles. The minimum absolute atomic E-state index is 0.267. The van der Waals surface area contributed by atoms with Gasteiger partial charge in [0.05, 0.1) is 13.2 Å². The number of hydrogen-bond donors (Lipinski definition) is 1. The van der Waals surface area contributed by atoms with Gasteiger partial charge in [0.2, 0.25) is 0 Å². The maximum atomic E-state index is 5.75.